The third-order valence-electron chi connectivity index (χ3n) is 0.129. The SMILES string of the molecule is CC(=O)OO.CS(=O)(=O)O.[AlH3]. The molecule has 0 aliphatic carbocycles. The van der Waals surface area contributed by atoms with E-state index in [1.807, 2.05) is 0 Å². The van der Waals surface area contributed by atoms with Crippen molar-refractivity contribution in [2.24, 2.45) is 0 Å². The van der Waals surface area contributed by atoms with Crippen LogP contribution >= 0.6 is 0 Å². The summed E-state index contributed by atoms with van der Waals surface area (Å²) in [4.78, 5) is 12.5. The van der Waals surface area contributed by atoms with Gasteiger partial charge in [-0.15, -0.1) is 0 Å². The van der Waals surface area contributed by atoms with Crippen molar-refractivity contribution < 1.29 is 27.9 Å². The standard InChI is InChI=1S/C2H4O3.CH4O3S.Al.3H/c1-2(3)5-4;1-5(2,3)4;;;;/h4H,1H3;1H3,(H,2,3,4);;;;. The molecule has 8 heteroatoms. The fraction of sp³-hybridized carbons (Fsp3) is 0.667. The molecule has 0 aromatic heterocycles. The molecule has 0 radical (unpaired) electrons. The molecule has 0 saturated carbocycles. The zero-order valence-corrected chi connectivity index (χ0v) is 6.25. The van der Waals surface area contributed by atoms with E-state index in [1.54, 1.807) is 0 Å². The smallest absolute Gasteiger partial charge is 0.301 e. The highest BCUT2D eigenvalue weighted by molar-refractivity contribution is 7.85. The van der Waals surface area contributed by atoms with Gasteiger partial charge >= 0.3 is 5.97 Å². The third kappa shape index (κ3) is 175. The van der Waals surface area contributed by atoms with Crippen LogP contribution in [0.4, 0.5) is 0 Å². The van der Waals surface area contributed by atoms with Crippen molar-refractivity contribution in [1.29, 1.82) is 0 Å². The number of rotatable bonds is 0. The van der Waals surface area contributed by atoms with Crippen LogP contribution in [0.1, 0.15) is 6.92 Å². The van der Waals surface area contributed by atoms with Gasteiger partial charge in [0.05, 0.1) is 6.26 Å². The summed E-state index contributed by atoms with van der Waals surface area (Å²) in [5.41, 5.74) is 0. The van der Waals surface area contributed by atoms with Crippen LogP contribution in [0.15, 0.2) is 0 Å². The molecule has 2 N–H and O–H groups in total. The average molecular weight is 202 g/mol. The lowest BCUT2D eigenvalue weighted by Crippen LogP contribution is -1.89. The van der Waals surface area contributed by atoms with E-state index in [0.717, 1.165) is 6.92 Å². The van der Waals surface area contributed by atoms with Crippen LogP contribution in [0.5, 0.6) is 0 Å². The molecule has 11 heavy (non-hydrogen) atoms. The Morgan fingerprint density at radius 3 is 1.55 bits per heavy atom. The highest BCUT2D eigenvalue weighted by Gasteiger charge is 1.81. The Labute approximate surface area is 75.0 Å². The maximum Gasteiger partial charge on any atom is 0.339 e. The van der Waals surface area contributed by atoms with Crippen molar-refractivity contribution in [2.75, 3.05) is 6.26 Å². The van der Waals surface area contributed by atoms with Crippen LogP contribution in [0, 0.1) is 0 Å². The number of carbonyl (C=O) groups excluding carboxylic acids is 1. The molecule has 0 aliphatic rings. The van der Waals surface area contributed by atoms with E-state index in [2.05, 4.69) is 4.89 Å². The molecule has 0 unspecified atom stereocenters. The second kappa shape index (κ2) is 7.97. The molecule has 0 amide bonds. The Hall–Kier alpha value is -0.128. The first-order valence-electron chi connectivity index (χ1n) is 2.01. The van der Waals surface area contributed by atoms with Crippen molar-refractivity contribution in [3.8, 4) is 0 Å². The maximum absolute atomic E-state index is 9.34. The molecular weight excluding hydrogens is 191 g/mol. The summed E-state index contributed by atoms with van der Waals surface area (Å²) in [6.07, 6.45) is 0.715. The van der Waals surface area contributed by atoms with Crippen LogP contribution < -0.4 is 0 Å². The Kier molecular flexibility index (Phi) is 12.4. The van der Waals surface area contributed by atoms with Gasteiger partial charge in [-0.1, -0.05) is 0 Å². The largest absolute Gasteiger partial charge is 0.339 e. The molecule has 0 spiro atoms. The minimum absolute atomic E-state index is 0. The lowest BCUT2D eigenvalue weighted by Gasteiger charge is -1.76. The summed E-state index contributed by atoms with van der Waals surface area (Å²) >= 11 is 0. The van der Waals surface area contributed by atoms with Crippen molar-refractivity contribution in [2.45, 2.75) is 6.92 Å². The second-order valence-corrected chi connectivity index (χ2v) is 2.78. The van der Waals surface area contributed by atoms with Gasteiger partial charge in [-0.25, -0.2) is 4.79 Å². The summed E-state index contributed by atoms with van der Waals surface area (Å²) in [6, 6.07) is 0. The van der Waals surface area contributed by atoms with Crippen LogP contribution in [-0.2, 0) is 19.8 Å². The molecule has 0 aromatic rings. The molecule has 0 saturated heterocycles. The fourth-order valence-corrected chi connectivity index (χ4v) is 0. The van der Waals surface area contributed by atoms with Gasteiger partial charge in [-0.2, -0.15) is 13.7 Å². The molecule has 0 fully saturated rings. The zero-order valence-electron chi connectivity index (χ0n) is 5.44. The van der Waals surface area contributed by atoms with Gasteiger partial charge in [0.1, 0.15) is 0 Å². The van der Waals surface area contributed by atoms with Crippen LogP contribution in [-0.4, -0.2) is 47.8 Å². The molecule has 0 heterocycles. The lowest BCUT2D eigenvalue weighted by molar-refractivity contribution is -0.231. The monoisotopic (exact) mass is 202 g/mol. The summed E-state index contributed by atoms with van der Waals surface area (Å²) in [5, 5.41) is 7.29. The van der Waals surface area contributed by atoms with Gasteiger partial charge in [0.25, 0.3) is 10.1 Å². The quantitative estimate of drug-likeness (QED) is 0.211. The zero-order chi connectivity index (χ0) is 8.78. The minimum Gasteiger partial charge on any atom is -0.301 e. The highest BCUT2D eigenvalue weighted by atomic mass is 32.2. The van der Waals surface area contributed by atoms with Gasteiger partial charge in [0.2, 0.25) is 0 Å². The molecule has 6 nitrogen and oxygen atoms in total. The van der Waals surface area contributed by atoms with Crippen LogP contribution in [0.2, 0.25) is 0 Å². The first-order valence-corrected chi connectivity index (χ1v) is 3.86. The predicted molar refractivity (Wildman–Crippen MR) is 41.8 cm³/mol. The van der Waals surface area contributed by atoms with E-state index in [0.29, 0.717) is 6.26 Å². The number of hydrogen-bond acceptors (Lipinski definition) is 5. The minimum atomic E-state index is -3.67. The summed E-state index contributed by atoms with van der Waals surface area (Å²) in [7, 11) is -3.67. The van der Waals surface area contributed by atoms with Gasteiger partial charge in [0, 0.05) is 6.92 Å². The van der Waals surface area contributed by atoms with Gasteiger partial charge in [0.15, 0.2) is 17.4 Å². The van der Waals surface area contributed by atoms with E-state index in [-0.39, 0.29) is 17.4 Å². The lowest BCUT2D eigenvalue weighted by atomic mass is 10.9. The van der Waals surface area contributed by atoms with Gasteiger partial charge < -0.3 is 4.89 Å². The second-order valence-electron chi connectivity index (χ2n) is 1.32. The molecule has 0 rings (SSSR count). The van der Waals surface area contributed by atoms with Crippen molar-refractivity contribution in [3.05, 3.63) is 0 Å². The molecule has 0 bridgehead atoms. The summed E-state index contributed by atoms with van der Waals surface area (Å²) in [6.45, 7) is 1.11. The van der Waals surface area contributed by atoms with E-state index in [1.165, 1.54) is 0 Å². The third-order valence-corrected chi connectivity index (χ3v) is 0.129. The first-order chi connectivity index (χ1) is 4.27. The van der Waals surface area contributed by atoms with Gasteiger partial charge in [-0.3, -0.25) is 4.55 Å². The topological polar surface area (TPSA) is 101 Å². The molecular formula is C3H11AlO6S. The fourth-order valence-electron chi connectivity index (χ4n) is 0. The Balaban J connectivity index is -0.000000107. The molecule has 0 atom stereocenters. The number of hydrogen-bond donors (Lipinski definition) is 2. The highest BCUT2D eigenvalue weighted by Crippen LogP contribution is 1.60. The summed E-state index contributed by atoms with van der Waals surface area (Å²) in [5.74, 6) is -0.690. The maximum atomic E-state index is 9.34. The molecule has 0 aliphatic heterocycles. The predicted octanol–water partition coefficient (Wildman–Crippen LogP) is -1.66. The van der Waals surface area contributed by atoms with Crippen molar-refractivity contribution in [1.82, 2.24) is 0 Å². The molecule has 0 aromatic carbocycles. The van der Waals surface area contributed by atoms with Crippen LogP contribution in [0.3, 0.4) is 0 Å². The van der Waals surface area contributed by atoms with E-state index >= 15 is 0 Å². The molecule has 68 valence electrons. The Morgan fingerprint density at radius 2 is 1.55 bits per heavy atom. The Bertz CT molecular complexity index is 176. The van der Waals surface area contributed by atoms with E-state index in [9.17, 15) is 13.2 Å². The van der Waals surface area contributed by atoms with Crippen LogP contribution in [0.25, 0.3) is 0 Å². The van der Waals surface area contributed by atoms with Crippen molar-refractivity contribution >= 4 is 33.4 Å². The normalized spacial score (nSPS) is 8.36. The Morgan fingerprint density at radius 1 is 1.45 bits per heavy atom. The number of carbonyl (C=O) groups is 1. The van der Waals surface area contributed by atoms with E-state index < -0.39 is 16.1 Å². The van der Waals surface area contributed by atoms with Gasteiger partial charge in [-0.05, 0) is 0 Å². The van der Waals surface area contributed by atoms with E-state index in [4.69, 9.17) is 9.81 Å². The van der Waals surface area contributed by atoms with Crippen molar-refractivity contribution in [3.63, 3.8) is 0 Å². The first kappa shape index (κ1) is 17.1. The average Bonchev–Trinajstić information content (AvgIpc) is 1.61. The summed E-state index contributed by atoms with van der Waals surface area (Å²) < 4.78 is 25.9.